The van der Waals surface area contributed by atoms with Crippen molar-refractivity contribution in [1.29, 1.82) is 0 Å². The standard InChI is InChI=1S/2C25H19N3O4.C16H11N5O4.C9H10O.K.H2O/c1-32-25(29)19-11-7-10-18(15-19)24-20(14-17-8-3-2-4-9-17)16-22(26-27-24)21-12-5-6-13-23(21)28(30)31;1-32-25(29)19-11-7-10-18(15-19)22-16-20(14-17-8-3-2-4-9-17)24(27-26-22)21-12-5-6-13-23(21)28(30)31;1-25-16(22)11-6-4-5-10(9-11)14-17-19-15(20-18-14)12-7-2-3-8-13(12)21(23)24;10-8-4-7-9-5-2-1-3-6-9;;/h2*2-13,15-16H,14H2,1H3;2-9H,1H3;1-3,5-6,8H,4,7H2;;1H2/q;;;;+1;/p-1. The Morgan fingerprint density at radius 3 is 1.24 bits per heavy atom. The summed E-state index contributed by atoms with van der Waals surface area (Å²) in [4.78, 5) is 78.3. The summed E-state index contributed by atoms with van der Waals surface area (Å²) < 4.78 is 14.3. The second-order valence-corrected chi connectivity index (χ2v) is 21.3. The summed E-state index contributed by atoms with van der Waals surface area (Å²) in [6.07, 6.45) is 3.50. The summed E-state index contributed by atoms with van der Waals surface area (Å²) in [6, 6.07) is 72.7. The van der Waals surface area contributed by atoms with Crippen LogP contribution in [0.25, 0.3) is 67.8 Å². The number of para-hydroxylation sites is 3. The van der Waals surface area contributed by atoms with Gasteiger partial charge in [-0.05, 0) is 114 Å². The predicted molar refractivity (Wildman–Crippen MR) is 370 cm³/mol. The van der Waals surface area contributed by atoms with Gasteiger partial charge in [0.25, 0.3) is 17.1 Å². The Morgan fingerprint density at radius 1 is 0.376 bits per heavy atom. The van der Waals surface area contributed by atoms with Gasteiger partial charge in [0.1, 0.15) is 23.2 Å². The summed E-state index contributed by atoms with van der Waals surface area (Å²) in [5.41, 5.74) is 10.9. The van der Waals surface area contributed by atoms with Crippen LogP contribution in [0.2, 0.25) is 0 Å². The minimum absolute atomic E-state index is 0. The van der Waals surface area contributed by atoms with Crippen LogP contribution < -0.4 is 51.4 Å². The zero-order valence-corrected chi connectivity index (χ0v) is 57.9. The first-order valence-corrected chi connectivity index (χ1v) is 30.3. The number of rotatable bonds is 19. The third-order valence-electron chi connectivity index (χ3n) is 14.8. The van der Waals surface area contributed by atoms with E-state index in [0.717, 1.165) is 35.0 Å². The van der Waals surface area contributed by atoms with Gasteiger partial charge in [-0.1, -0.05) is 164 Å². The van der Waals surface area contributed by atoms with E-state index in [2.05, 4.69) is 45.5 Å². The number of aromatic nitrogens is 8. The maximum atomic E-state index is 12.0. The van der Waals surface area contributed by atoms with Crippen molar-refractivity contribution in [2.24, 2.45) is 0 Å². The number of hydrogen-bond acceptors (Lipinski definition) is 22. The van der Waals surface area contributed by atoms with Gasteiger partial charge in [0.2, 0.25) is 11.6 Å². The molecule has 0 amide bonds. The second-order valence-electron chi connectivity index (χ2n) is 21.3. The molecule has 12 rings (SSSR count). The molecular weight excluding hydrogens is 1320 g/mol. The van der Waals surface area contributed by atoms with E-state index in [0.29, 0.717) is 86.5 Å². The van der Waals surface area contributed by atoms with Crippen LogP contribution in [0.1, 0.15) is 65.3 Å². The average molecular weight is 1380 g/mol. The molecule has 101 heavy (non-hydrogen) atoms. The molecule has 26 heteroatoms. The number of carbonyl (C=O) groups is 4. The quantitative estimate of drug-likeness (QED) is 0.0181. The number of aldehydes is 1. The fourth-order valence-corrected chi connectivity index (χ4v) is 10.1. The van der Waals surface area contributed by atoms with Crippen LogP contribution in [0.15, 0.2) is 249 Å². The van der Waals surface area contributed by atoms with E-state index in [4.69, 9.17) is 9.47 Å². The monoisotopic (exact) mass is 1380 g/mol. The Kier molecular flexibility index (Phi) is 28.9. The maximum Gasteiger partial charge on any atom is 1.00 e. The molecule has 12 aromatic rings. The Hall–Kier alpha value is -12.0. The van der Waals surface area contributed by atoms with Crippen molar-refractivity contribution in [1.82, 2.24) is 40.8 Å². The van der Waals surface area contributed by atoms with Crippen LogP contribution in [0, 0.1) is 30.3 Å². The number of esters is 3. The predicted octanol–water partition coefficient (Wildman–Crippen LogP) is 11.1. The number of methoxy groups -OCH3 is 3. The zero-order valence-electron chi connectivity index (χ0n) is 54.8. The van der Waals surface area contributed by atoms with Gasteiger partial charge in [-0.25, -0.2) is 14.4 Å². The fourth-order valence-electron chi connectivity index (χ4n) is 10.1. The summed E-state index contributed by atoms with van der Waals surface area (Å²) in [7, 11) is 3.95. The number of nitro benzene ring substituents is 3. The smallest absolute Gasteiger partial charge is 0.870 e. The molecule has 0 atom stereocenters. The van der Waals surface area contributed by atoms with E-state index in [9.17, 15) is 49.5 Å². The van der Waals surface area contributed by atoms with Gasteiger partial charge in [-0.3, -0.25) is 30.3 Å². The zero-order chi connectivity index (χ0) is 70.0. The van der Waals surface area contributed by atoms with Crippen molar-refractivity contribution in [3.63, 3.8) is 0 Å². The Labute approximate surface area is 620 Å². The van der Waals surface area contributed by atoms with E-state index in [-0.39, 0.29) is 91.1 Å². The number of nitro groups is 3. The molecule has 0 saturated heterocycles. The topological polar surface area (TPSA) is 359 Å². The fraction of sp³-hybridized carbons (Fsp3) is 0.0933. The van der Waals surface area contributed by atoms with Gasteiger partial charge < -0.3 is 24.5 Å². The average Bonchev–Trinajstić information content (AvgIpc) is 0.799. The maximum absolute atomic E-state index is 12.0. The minimum atomic E-state index is -0.521. The summed E-state index contributed by atoms with van der Waals surface area (Å²) in [6.45, 7) is 0. The van der Waals surface area contributed by atoms with Gasteiger partial charge in [-0.2, -0.15) is 0 Å². The Bertz CT molecular complexity index is 4850. The molecule has 0 unspecified atom stereocenters. The van der Waals surface area contributed by atoms with Gasteiger partial charge in [0.15, 0.2) is 0 Å². The summed E-state index contributed by atoms with van der Waals surface area (Å²) >= 11 is 0. The van der Waals surface area contributed by atoms with E-state index in [1.807, 2.05) is 115 Å². The van der Waals surface area contributed by atoms with Crippen LogP contribution in [-0.4, -0.2) is 107 Å². The number of nitrogens with zero attached hydrogens (tertiary/aromatic N) is 11. The van der Waals surface area contributed by atoms with Crippen LogP contribution in [0.3, 0.4) is 0 Å². The van der Waals surface area contributed by atoms with Gasteiger partial charge in [0.05, 0.1) is 75.3 Å². The van der Waals surface area contributed by atoms with Crippen molar-refractivity contribution in [3.05, 3.63) is 324 Å². The largest absolute Gasteiger partial charge is 1.00 e. The molecule has 0 saturated carbocycles. The van der Waals surface area contributed by atoms with Crippen molar-refractivity contribution in [3.8, 4) is 67.8 Å². The molecule has 1 N–H and O–H groups in total. The van der Waals surface area contributed by atoms with Crippen molar-refractivity contribution in [2.75, 3.05) is 21.3 Å². The van der Waals surface area contributed by atoms with E-state index in [1.54, 1.807) is 109 Å². The third kappa shape index (κ3) is 20.8. The molecule has 3 heterocycles. The number of aryl methyl sites for hydroxylation is 1. The molecule has 500 valence electrons. The molecule has 3 aromatic heterocycles. The molecule has 0 bridgehead atoms. The number of hydrogen-bond donors (Lipinski definition) is 0. The van der Waals surface area contributed by atoms with Crippen LogP contribution in [0.5, 0.6) is 0 Å². The van der Waals surface area contributed by atoms with Gasteiger partial charge in [-0.15, -0.1) is 40.8 Å². The number of ether oxygens (including phenoxy) is 3. The normalized spacial score (nSPS) is 10.1. The molecule has 0 aliphatic carbocycles. The Morgan fingerprint density at radius 2 is 0.743 bits per heavy atom. The van der Waals surface area contributed by atoms with E-state index in [1.165, 1.54) is 51.2 Å². The molecule has 0 radical (unpaired) electrons. The molecule has 0 aliphatic heterocycles. The van der Waals surface area contributed by atoms with E-state index < -0.39 is 32.7 Å². The molecule has 0 aliphatic rings. The summed E-state index contributed by atoms with van der Waals surface area (Å²) in [5, 5.41) is 67.4. The molecule has 0 fully saturated rings. The van der Waals surface area contributed by atoms with Gasteiger partial charge >= 0.3 is 69.3 Å². The van der Waals surface area contributed by atoms with Crippen LogP contribution >= 0.6 is 0 Å². The second kappa shape index (κ2) is 38.2. The number of carbonyl (C=O) groups excluding carboxylic acids is 4. The van der Waals surface area contributed by atoms with Crippen molar-refractivity contribution < 1.29 is 105 Å². The first-order chi connectivity index (χ1) is 48.2. The Balaban J connectivity index is 0.000000198. The minimum Gasteiger partial charge on any atom is -0.870 e. The molecular formula is C75H60KN11O14. The third-order valence-corrected chi connectivity index (χ3v) is 14.8. The summed E-state index contributed by atoms with van der Waals surface area (Å²) in [5.74, 6) is -1.14. The van der Waals surface area contributed by atoms with Crippen molar-refractivity contribution in [2.45, 2.75) is 25.7 Å². The first kappa shape index (κ1) is 76.3. The van der Waals surface area contributed by atoms with E-state index >= 15 is 0 Å². The molecule has 25 nitrogen and oxygen atoms in total. The number of benzene rings is 9. The van der Waals surface area contributed by atoms with Crippen molar-refractivity contribution >= 4 is 41.3 Å². The molecule has 0 spiro atoms. The van der Waals surface area contributed by atoms with Crippen LogP contribution in [0.4, 0.5) is 17.1 Å². The molecule has 9 aromatic carbocycles. The SMILES string of the molecule is COC(=O)c1cccc(-c2cc(Cc3ccccc3)c(-c3ccccc3[N+](=O)[O-])nn2)c1.COC(=O)c1cccc(-c2nnc(-c3ccccc3[N+](=O)[O-])cc2Cc2ccccc2)c1.COC(=O)c1cccc(-c2nnc(-c3ccccc3[N+](=O)[O-])nn2)c1.O=CCCc1ccccc1.[K+].[OH-]. The van der Waals surface area contributed by atoms with Crippen LogP contribution in [-0.2, 0) is 38.3 Å². The first-order valence-electron chi connectivity index (χ1n) is 30.3. The van der Waals surface area contributed by atoms with Gasteiger partial charge in [0, 0.05) is 41.3 Å².